The summed E-state index contributed by atoms with van der Waals surface area (Å²) in [4.78, 5) is 20.8. The van der Waals surface area contributed by atoms with Crippen molar-refractivity contribution in [2.75, 3.05) is 0 Å². The number of carbonyl (C=O) groups excluding carboxylic acids is 1. The number of hydrogen-bond donors (Lipinski definition) is 2. The number of ether oxygens (including phenoxy) is 1. The maximum Gasteiger partial charge on any atom is 0.405 e. The SMILES string of the molecule is N#Cc1nccc2nc(-c3ccc(C4(OC(N)=O)CC(O)(C5CC5)C4)cc3)c(-c3ccccc3)cc12. The van der Waals surface area contributed by atoms with Gasteiger partial charge in [-0.1, -0.05) is 54.6 Å². The van der Waals surface area contributed by atoms with Gasteiger partial charge in [-0.15, -0.1) is 0 Å². The summed E-state index contributed by atoms with van der Waals surface area (Å²) < 4.78 is 5.58. The van der Waals surface area contributed by atoms with Gasteiger partial charge in [0, 0.05) is 35.6 Å². The minimum atomic E-state index is -0.922. The quantitative estimate of drug-likeness (QED) is 0.415. The lowest BCUT2D eigenvalue weighted by Crippen LogP contribution is -2.58. The Morgan fingerprint density at radius 2 is 1.78 bits per heavy atom. The molecule has 2 saturated carbocycles. The number of primary amides is 1. The number of pyridine rings is 2. The van der Waals surface area contributed by atoms with Crippen LogP contribution in [-0.4, -0.2) is 26.8 Å². The van der Waals surface area contributed by atoms with Crippen molar-refractivity contribution >= 4 is 17.0 Å². The molecule has 0 atom stereocenters. The summed E-state index contributed by atoms with van der Waals surface area (Å²) in [6.45, 7) is 0. The molecule has 2 fully saturated rings. The number of amides is 1. The monoisotopic (exact) mass is 476 g/mol. The van der Waals surface area contributed by atoms with Crippen LogP contribution in [0, 0.1) is 17.2 Å². The van der Waals surface area contributed by atoms with Gasteiger partial charge in [0.25, 0.3) is 0 Å². The second kappa shape index (κ2) is 8.14. The summed E-state index contributed by atoms with van der Waals surface area (Å²) in [5, 5.41) is 21.2. The number of nitrogens with two attached hydrogens (primary N) is 1. The molecule has 4 aromatic rings. The lowest BCUT2D eigenvalue weighted by Gasteiger charge is -2.52. The lowest BCUT2D eigenvalue weighted by atomic mass is 9.62. The summed E-state index contributed by atoms with van der Waals surface area (Å²) in [5.74, 6) is 0.268. The molecule has 178 valence electrons. The lowest BCUT2D eigenvalue weighted by molar-refractivity contribution is -0.194. The van der Waals surface area contributed by atoms with Crippen LogP contribution in [0.3, 0.4) is 0 Å². The van der Waals surface area contributed by atoms with Crippen LogP contribution in [0.5, 0.6) is 0 Å². The van der Waals surface area contributed by atoms with Crippen molar-refractivity contribution in [2.24, 2.45) is 11.7 Å². The Hall–Kier alpha value is -4.28. The second-order valence-corrected chi connectivity index (χ2v) is 9.81. The van der Waals surface area contributed by atoms with Crippen molar-refractivity contribution in [1.82, 2.24) is 9.97 Å². The molecule has 6 rings (SSSR count). The average Bonchev–Trinajstić information content (AvgIpc) is 3.73. The maximum absolute atomic E-state index is 11.7. The Morgan fingerprint density at radius 1 is 1.06 bits per heavy atom. The summed E-state index contributed by atoms with van der Waals surface area (Å²) in [5.41, 5.74) is 8.99. The van der Waals surface area contributed by atoms with E-state index in [1.807, 2.05) is 60.7 Å². The van der Waals surface area contributed by atoms with E-state index in [9.17, 15) is 15.2 Å². The van der Waals surface area contributed by atoms with Crippen LogP contribution in [0.2, 0.25) is 0 Å². The number of nitriles is 1. The number of carbonyl (C=O) groups is 1. The van der Waals surface area contributed by atoms with E-state index in [0.717, 1.165) is 40.8 Å². The number of benzene rings is 2. The Labute approximate surface area is 208 Å². The first-order valence-corrected chi connectivity index (χ1v) is 12.0. The number of hydrogen-bond acceptors (Lipinski definition) is 6. The minimum absolute atomic E-state index is 0.268. The summed E-state index contributed by atoms with van der Waals surface area (Å²) >= 11 is 0. The Kier molecular flexibility index (Phi) is 5.02. The molecule has 0 saturated heterocycles. The zero-order valence-corrected chi connectivity index (χ0v) is 19.5. The normalized spacial score (nSPS) is 23.0. The first-order chi connectivity index (χ1) is 17.4. The summed E-state index contributed by atoms with van der Waals surface area (Å²) in [7, 11) is 0. The fourth-order valence-corrected chi connectivity index (χ4v) is 5.55. The van der Waals surface area contributed by atoms with E-state index >= 15 is 0 Å². The minimum Gasteiger partial charge on any atom is -0.438 e. The van der Waals surface area contributed by atoms with E-state index in [1.165, 1.54) is 0 Å². The molecule has 2 aliphatic rings. The second-order valence-electron chi connectivity index (χ2n) is 9.81. The highest BCUT2D eigenvalue weighted by molar-refractivity contribution is 5.93. The molecule has 2 aromatic carbocycles. The van der Waals surface area contributed by atoms with Crippen LogP contribution in [0.4, 0.5) is 4.79 Å². The van der Waals surface area contributed by atoms with Gasteiger partial charge in [-0.3, -0.25) is 0 Å². The summed E-state index contributed by atoms with van der Waals surface area (Å²) in [6, 6.07) is 23.5. The van der Waals surface area contributed by atoms with Crippen LogP contribution in [0.15, 0.2) is 72.9 Å². The van der Waals surface area contributed by atoms with E-state index in [0.29, 0.717) is 29.4 Å². The van der Waals surface area contributed by atoms with Crippen molar-refractivity contribution in [3.05, 3.63) is 84.2 Å². The molecule has 1 amide bonds. The number of aliphatic hydroxyl groups is 1. The summed E-state index contributed by atoms with van der Waals surface area (Å²) in [6.07, 6.45) is 3.44. The molecule has 3 N–H and O–H groups in total. The van der Waals surface area contributed by atoms with Gasteiger partial charge in [0.2, 0.25) is 0 Å². The van der Waals surface area contributed by atoms with Crippen LogP contribution >= 0.6 is 0 Å². The first-order valence-electron chi connectivity index (χ1n) is 12.0. The van der Waals surface area contributed by atoms with E-state index < -0.39 is 17.3 Å². The molecule has 2 heterocycles. The highest BCUT2D eigenvalue weighted by Crippen LogP contribution is 2.59. The third kappa shape index (κ3) is 3.67. The third-order valence-corrected chi connectivity index (χ3v) is 7.43. The molecule has 7 nitrogen and oxygen atoms in total. The van der Waals surface area contributed by atoms with Crippen LogP contribution in [0.1, 0.15) is 36.9 Å². The van der Waals surface area contributed by atoms with Crippen molar-refractivity contribution in [3.63, 3.8) is 0 Å². The molecule has 7 heteroatoms. The number of fused-ring (bicyclic) bond motifs is 1. The van der Waals surface area contributed by atoms with E-state index in [2.05, 4.69) is 11.1 Å². The number of nitrogens with zero attached hydrogens (tertiary/aromatic N) is 3. The van der Waals surface area contributed by atoms with Gasteiger partial charge in [-0.25, -0.2) is 14.8 Å². The van der Waals surface area contributed by atoms with Gasteiger partial charge in [-0.05, 0) is 42.0 Å². The number of rotatable bonds is 5. The third-order valence-electron chi connectivity index (χ3n) is 7.43. The first kappa shape index (κ1) is 22.2. The molecule has 0 aliphatic heterocycles. The highest BCUT2D eigenvalue weighted by atomic mass is 16.6. The van der Waals surface area contributed by atoms with Crippen LogP contribution < -0.4 is 5.73 Å². The fraction of sp³-hybridized carbons (Fsp3) is 0.241. The predicted molar refractivity (Wildman–Crippen MR) is 134 cm³/mol. The highest BCUT2D eigenvalue weighted by Gasteiger charge is 2.62. The zero-order valence-electron chi connectivity index (χ0n) is 19.5. The molecule has 2 aliphatic carbocycles. The molecular weight excluding hydrogens is 452 g/mol. The standard InChI is InChI=1S/C29H24N4O3/c30-15-25-23-14-22(18-4-2-1-3-5-18)26(33-24(23)12-13-32-25)19-6-8-21(9-7-19)29(36-27(31)34)16-28(35,17-29)20-10-11-20/h1-9,12-14,20,35H,10-11,16-17H2,(H2,31,34). The molecule has 0 spiro atoms. The van der Waals surface area contributed by atoms with Crippen molar-refractivity contribution in [3.8, 4) is 28.5 Å². The maximum atomic E-state index is 11.7. The molecule has 2 aromatic heterocycles. The van der Waals surface area contributed by atoms with Crippen molar-refractivity contribution in [1.29, 1.82) is 5.26 Å². The Morgan fingerprint density at radius 3 is 2.42 bits per heavy atom. The average molecular weight is 477 g/mol. The molecule has 0 unspecified atom stereocenters. The van der Waals surface area contributed by atoms with Crippen LogP contribution in [-0.2, 0) is 10.3 Å². The fourth-order valence-electron chi connectivity index (χ4n) is 5.55. The predicted octanol–water partition coefficient (Wildman–Crippen LogP) is 5.06. The van der Waals surface area contributed by atoms with Gasteiger partial charge in [0.1, 0.15) is 17.4 Å². The van der Waals surface area contributed by atoms with Gasteiger partial charge >= 0.3 is 6.09 Å². The van der Waals surface area contributed by atoms with Gasteiger partial charge in [0.15, 0.2) is 0 Å². The van der Waals surface area contributed by atoms with Gasteiger partial charge in [-0.2, -0.15) is 5.26 Å². The molecule has 0 radical (unpaired) electrons. The largest absolute Gasteiger partial charge is 0.438 e. The van der Waals surface area contributed by atoms with Crippen molar-refractivity contribution in [2.45, 2.75) is 36.9 Å². The number of aromatic nitrogens is 2. The molecule has 0 bridgehead atoms. The van der Waals surface area contributed by atoms with E-state index in [-0.39, 0.29) is 5.92 Å². The van der Waals surface area contributed by atoms with Gasteiger partial charge < -0.3 is 15.6 Å². The van der Waals surface area contributed by atoms with Gasteiger partial charge in [0.05, 0.1) is 16.8 Å². The molecule has 36 heavy (non-hydrogen) atoms. The Balaban J connectivity index is 1.43. The zero-order chi connectivity index (χ0) is 24.9. The van der Waals surface area contributed by atoms with E-state index in [4.69, 9.17) is 15.5 Å². The topological polar surface area (TPSA) is 122 Å². The van der Waals surface area contributed by atoms with Crippen LogP contribution in [0.25, 0.3) is 33.3 Å². The van der Waals surface area contributed by atoms with E-state index in [1.54, 1.807) is 12.3 Å². The smallest absolute Gasteiger partial charge is 0.405 e. The van der Waals surface area contributed by atoms with Crippen molar-refractivity contribution < 1.29 is 14.6 Å². The Bertz CT molecular complexity index is 1520. The molecular formula is C29H24N4O3.